The number of fused-ring (bicyclic) bond motifs is 1. The van der Waals surface area contributed by atoms with Gasteiger partial charge in [0.15, 0.2) is 0 Å². The van der Waals surface area contributed by atoms with Gasteiger partial charge in [-0.1, -0.05) is 0 Å². The van der Waals surface area contributed by atoms with Crippen molar-refractivity contribution >= 4 is 16.6 Å². The van der Waals surface area contributed by atoms with Crippen molar-refractivity contribution in [3.63, 3.8) is 0 Å². The van der Waals surface area contributed by atoms with Crippen LogP contribution in [0.25, 0.3) is 16.6 Å². The first-order valence-electron chi connectivity index (χ1n) is 6.55. The number of aliphatic hydroxyl groups is 1. The number of hydrogen-bond donors (Lipinski definition) is 1. The van der Waals surface area contributed by atoms with Crippen LogP contribution in [0.4, 0.5) is 5.69 Å². The Bertz CT molecular complexity index is 840. The second-order valence-corrected chi connectivity index (χ2v) is 4.67. The minimum absolute atomic E-state index is 0.00711. The van der Waals surface area contributed by atoms with Crippen molar-refractivity contribution in [2.24, 2.45) is 0 Å². The largest absolute Gasteiger partial charge is 0.497 e. The third-order valence-electron chi connectivity index (χ3n) is 3.43. The average molecular weight is 299 g/mol. The smallest absolute Gasteiger partial charge is 0.269 e. The Morgan fingerprint density at radius 2 is 2.00 bits per heavy atom. The number of methoxy groups -OCH3 is 1. The molecule has 0 unspecified atom stereocenters. The molecular formula is C15H13N3O4. The maximum atomic E-state index is 10.7. The molecule has 3 rings (SSSR count). The molecule has 22 heavy (non-hydrogen) atoms. The van der Waals surface area contributed by atoms with Gasteiger partial charge in [-0.2, -0.15) is 5.10 Å². The van der Waals surface area contributed by atoms with Gasteiger partial charge in [0.2, 0.25) is 0 Å². The Hall–Kier alpha value is -2.93. The van der Waals surface area contributed by atoms with Gasteiger partial charge in [0.05, 0.1) is 35.5 Å². The van der Waals surface area contributed by atoms with Crippen molar-refractivity contribution in [1.82, 2.24) is 9.78 Å². The molecule has 3 aromatic rings. The van der Waals surface area contributed by atoms with Crippen LogP contribution < -0.4 is 4.74 Å². The van der Waals surface area contributed by atoms with Gasteiger partial charge >= 0.3 is 0 Å². The molecule has 0 aliphatic heterocycles. The Morgan fingerprint density at radius 3 is 2.59 bits per heavy atom. The summed E-state index contributed by atoms with van der Waals surface area (Å²) >= 11 is 0. The molecule has 1 N–H and O–H groups in total. The predicted octanol–water partition coefficient (Wildman–Crippen LogP) is 2.43. The van der Waals surface area contributed by atoms with E-state index in [-0.39, 0.29) is 12.3 Å². The van der Waals surface area contributed by atoms with E-state index < -0.39 is 4.92 Å². The van der Waals surface area contributed by atoms with E-state index in [1.165, 1.54) is 12.1 Å². The quantitative estimate of drug-likeness (QED) is 0.590. The van der Waals surface area contributed by atoms with Gasteiger partial charge in [-0.15, -0.1) is 0 Å². The lowest BCUT2D eigenvalue weighted by Gasteiger charge is -2.05. The molecule has 0 fully saturated rings. The number of nitro benzene ring substituents is 1. The summed E-state index contributed by atoms with van der Waals surface area (Å²) in [6, 6.07) is 11.4. The number of aliphatic hydroxyl groups excluding tert-OH is 1. The number of ether oxygens (including phenoxy) is 1. The van der Waals surface area contributed by atoms with E-state index in [1.807, 2.05) is 0 Å². The Morgan fingerprint density at radius 1 is 1.27 bits per heavy atom. The molecule has 112 valence electrons. The van der Waals surface area contributed by atoms with Crippen LogP contribution >= 0.6 is 0 Å². The molecule has 1 heterocycles. The number of aromatic nitrogens is 2. The van der Waals surface area contributed by atoms with Crippen molar-refractivity contribution in [3.8, 4) is 11.4 Å². The van der Waals surface area contributed by atoms with E-state index in [0.717, 1.165) is 5.39 Å². The Labute approximate surface area is 125 Å². The van der Waals surface area contributed by atoms with Gasteiger partial charge in [-0.25, -0.2) is 4.68 Å². The summed E-state index contributed by atoms with van der Waals surface area (Å²) in [4.78, 5) is 10.3. The van der Waals surface area contributed by atoms with Crippen LogP contribution in [-0.2, 0) is 6.61 Å². The second kappa shape index (κ2) is 5.45. The number of nitrogens with zero attached hydrogens (tertiary/aromatic N) is 3. The molecule has 0 aliphatic carbocycles. The molecule has 1 aromatic heterocycles. The summed E-state index contributed by atoms with van der Waals surface area (Å²) in [7, 11) is 1.57. The van der Waals surface area contributed by atoms with Crippen LogP contribution in [0.2, 0.25) is 0 Å². The topological polar surface area (TPSA) is 90.4 Å². The Kier molecular flexibility index (Phi) is 3.48. The molecule has 0 spiro atoms. The van der Waals surface area contributed by atoms with Crippen molar-refractivity contribution in [2.75, 3.05) is 7.11 Å². The van der Waals surface area contributed by atoms with Crippen LogP contribution in [0.3, 0.4) is 0 Å². The zero-order chi connectivity index (χ0) is 15.7. The van der Waals surface area contributed by atoms with Crippen LogP contribution in [-0.4, -0.2) is 26.9 Å². The maximum absolute atomic E-state index is 10.7. The number of non-ortho nitro benzene ring substituents is 1. The molecule has 2 aromatic carbocycles. The highest BCUT2D eigenvalue weighted by Gasteiger charge is 2.14. The summed E-state index contributed by atoms with van der Waals surface area (Å²) in [5, 5.41) is 25.6. The highest BCUT2D eigenvalue weighted by Crippen LogP contribution is 2.26. The molecule has 0 saturated carbocycles. The second-order valence-electron chi connectivity index (χ2n) is 4.67. The van der Waals surface area contributed by atoms with Crippen molar-refractivity contribution in [3.05, 3.63) is 58.3 Å². The minimum Gasteiger partial charge on any atom is -0.497 e. The van der Waals surface area contributed by atoms with E-state index in [2.05, 4.69) is 5.10 Å². The lowest BCUT2D eigenvalue weighted by atomic mass is 10.2. The fraction of sp³-hybridized carbons (Fsp3) is 0.133. The summed E-state index contributed by atoms with van der Waals surface area (Å²) in [5.74, 6) is 0.672. The highest BCUT2D eigenvalue weighted by atomic mass is 16.6. The molecular weight excluding hydrogens is 286 g/mol. The predicted molar refractivity (Wildman–Crippen MR) is 80.2 cm³/mol. The Balaban J connectivity index is 2.15. The minimum atomic E-state index is -0.457. The van der Waals surface area contributed by atoms with Gasteiger partial charge < -0.3 is 9.84 Å². The van der Waals surface area contributed by atoms with Crippen LogP contribution in [0.15, 0.2) is 42.5 Å². The fourth-order valence-corrected chi connectivity index (χ4v) is 2.32. The van der Waals surface area contributed by atoms with E-state index in [0.29, 0.717) is 22.6 Å². The van der Waals surface area contributed by atoms with Crippen molar-refractivity contribution < 1.29 is 14.8 Å². The molecule has 0 atom stereocenters. The summed E-state index contributed by atoms with van der Waals surface area (Å²) < 4.78 is 6.76. The third-order valence-corrected chi connectivity index (χ3v) is 3.43. The van der Waals surface area contributed by atoms with Gasteiger partial charge in [-0.3, -0.25) is 10.1 Å². The molecule has 0 aliphatic rings. The van der Waals surface area contributed by atoms with Crippen LogP contribution in [0.5, 0.6) is 5.75 Å². The van der Waals surface area contributed by atoms with Gasteiger partial charge in [0, 0.05) is 17.5 Å². The molecule has 0 bridgehead atoms. The van der Waals surface area contributed by atoms with E-state index in [9.17, 15) is 15.2 Å². The normalized spacial score (nSPS) is 10.8. The van der Waals surface area contributed by atoms with Crippen LogP contribution in [0, 0.1) is 10.1 Å². The molecule has 7 heteroatoms. The molecule has 0 radical (unpaired) electrons. The van der Waals surface area contributed by atoms with Gasteiger partial charge in [0.25, 0.3) is 5.69 Å². The molecule has 0 saturated heterocycles. The highest BCUT2D eigenvalue weighted by molar-refractivity contribution is 5.83. The van der Waals surface area contributed by atoms with E-state index in [4.69, 9.17) is 4.74 Å². The van der Waals surface area contributed by atoms with E-state index in [1.54, 1.807) is 42.1 Å². The van der Waals surface area contributed by atoms with E-state index >= 15 is 0 Å². The monoisotopic (exact) mass is 299 g/mol. The summed E-state index contributed by atoms with van der Waals surface area (Å²) in [6.45, 7) is -0.208. The van der Waals surface area contributed by atoms with Gasteiger partial charge in [0.1, 0.15) is 5.75 Å². The average Bonchev–Trinajstić information content (AvgIpc) is 2.92. The van der Waals surface area contributed by atoms with Gasteiger partial charge in [-0.05, 0) is 30.3 Å². The zero-order valence-electron chi connectivity index (χ0n) is 11.8. The number of benzene rings is 2. The third kappa shape index (κ3) is 2.27. The SMILES string of the molecule is COc1ccc2nn(-c3ccc([N+](=O)[O-])cc3)c(CO)c2c1. The first-order valence-corrected chi connectivity index (χ1v) is 6.55. The lowest BCUT2D eigenvalue weighted by Crippen LogP contribution is -2.02. The number of rotatable bonds is 4. The van der Waals surface area contributed by atoms with Crippen molar-refractivity contribution in [1.29, 1.82) is 0 Å². The summed E-state index contributed by atoms with van der Waals surface area (Å²) in [6.07, 6.45) is 0. The molecule has 7 nitrogen and oxygen atoms in total. The fourth-order valence-electron chi connectivity index (χ4n) is 2.32. The first kappa shape index (κ1) is 14.0. The first-order chi connectivity index (χ1) is 10.6. The van der Waals surface area contributed by atoms with Crippen molar-refractivity contribution in [2.45, 2.75) is 6.61 Å². The number of hydrogen-bond acceptors (Lipinski definition) is 5. The zero-order valence-corrected chi connectivity index (χ0v) is 11.8. The maximum Gasteiger partial charge on any atom is 0.269 e. The number of nitro groups is 1. The van der Waals surface area contributed by atoms with Crippen LogP contribution in [0.1, 0.15) is 5.69 Å². The standard InChI is InChI=1S/C15H13N3O4/c1-22-12-6-7-14-13(8-12)15(9-19)17(16-14)10-2-4-11(5-3-10)18(20)21/h2-8,19H,9H2,1H3. The molecule has 0 amide bonds. The summed E-state index contributed by atoms with van der Waals surface area (Å²) in [5.41, 5.74) is 1.96. The lowest BCUT2D eigenvalue weighted by molar-refractivity contribution is -0.384.